The number of nitriles is 2. The summed E-state index contributed by atoms with van der Waals surface area (Å²) in [6.07, 6.45) is 1.49. The molecule has 0 bridgehead atoms. The molecular formula is C23H23N5O2. The van der Waals surface area contributed by atoms with Crippen molar-refractivity contribution in [1.29, 1.82) is 10.5 Å². The van der Waals surface area contributed by atoms with Crippen molar-refractivity contribution >= 4 is 5.97 Å². The number of nitrogens with zero attached hydrogens (tertiary/aromatic N) is 4. The molecule has 0 saturated heterocycles. The summed E-state index contributed by atoms with van der Waals surface area (Å²) in [5, 5.41) is 25.2. The van der Waals surface area contributed by atoms with Crippen LogP contribution in [0.25, 0.3) is 11.1 Å². The Morgan fingerprint density at radius 1 is 1.13 bits per heavy atom. The van der Waals surface area contributed by atoms with Crippen LogP contribution >= 0.6 is 0 Å². The Morgan fingerprint density at radius 2 is 1.80 bits per heavy atom. The maximum Gasteiger partial charge on any atom is 0.341 e. The van der Waals surface area contributed by atoms with Gasteiger partial charge in [0.15, 0.2) is 0 Å². The highest BCUT2D eigenvalue weighted by atomic mass is 16.6. The first-order valence-corrected chi connectivity index (χ1v) is 9.52. The van der Waals surface area contributed by atoms with Crippen LogP contribution in [-0.2, 0) is 11.3 Å². The second-order valence-corrected chi connectivity index (χ2v) is 8.07. The molecule has 2 heterocycles. The third kappa shape index (κ3) is 3.97. The minimum absolute atomic E-state index is 0.368. The predicted octanol–water partition coefficient (Wildman–Crippen LogP) is 4.24. The van der Waals surface area contributed by atoms with Gasteiger partial charge in [-0.05, 0) is 52.3 Å². The van der Waals surface area contributed by atoms with Crippen molar-refractivity contribution in [2.24, 2.45) is 0 Å². The Hall–Kier alpha value is -3.84. The van der Waals surface area contributed by atoms with Crippen molar-refractivity contribution in [3.63, 3.8) is 0 Å². The lowest BCUT2D eigenvalue weighted by Crippen LogP contribution is -2.24. The third-order valence-corrected chi connectivity index (χ3v) is 4.84. The van der Waals surface area contributed by atoms with Gasteiger partial charge in [-0.15, -0.1) is 0 Å². The van der Waals surface area contributed by atoms with E-state index in [4.69, 9.17) is 10.00 Å². The number of rotatable bonds is 4. The number of carbonyl (C=O) groups excluding carboxylic acids is 1. The van der Waals surface area contributed by atoms with Crippen molar-refractivity contribution in [2.45, 2.75) is 46.8 Å². The Bertz CT molecular complexity index is 1180. The number of carbonyl (C=O) groups is 1. The summed E-state index contributed by atoms with van der Waals surface area (Å²) in [6.45, 7) is 9.64. The quantitative estimate of drug-likeness (QED) is 0.658. The van der Waals surface area contributed by atoms with Crippen LogP contribution in [0.5, 0.6) is 0 Å². The van der Waals surface area contributed by atoms with Gasteiger partial charge in [-0.25, -0.2) is 4.79 Å². The number of H-pyrrole nitrogens is 1. The number of nitrogens with one attached hydrogen (secondary N) is 1. The van der Waals surface area contributed by atoms with E-state index in [2.05, 4.69) is 22.3 Å². The normalized spacial score (nSPS) is 11.0. The van der Waals surface area contributed by atoms with Crippen molar-refractivity contribution in [3.8, 4) is 23.3 Å². The van der Waals surface area contributed by atoms with Crippen molar-refractivity contribution in [2.75, 3.05) is 0 Å². The summed E-state index contributed by atoms with van der Waals surface area (Å²) in [6, 6.07) is 11.3. The fraction of sp³-hybridized carbons (Fsp3) is 0.304. The van der Waals surface area contributed by atoms with Crippen LogP contribution in [0.1, 0.15) is 59.3 Å². The topological polar surface area (TPSA) is 107 Å². The molecule has 0 radical (unpaired) electrons. The largest absolute Gasteiger partial charge is 0.456 e. The smallest absolute Gasteiger partial charge is 0.341 e. The van der Waals surface area contributed by atoms with Crippen LogP contribution in [0.3, 0.4) is 0 Å². The van der Waals surface area contributed by atoms with Crippen molar-refractivity contribution < 1.29 is 9.53 Å². The number of esters is 1. The Kier molecular flexibility index (Phi) is 5.49. The molecule has 0 spiro atoms. The standard InChI is InChI=1S/C23H23N5O2/c1-14-20(17-8-6-16(10-24)7-9-17)21(22(29)30-23(3,4)5)15(2)28(14)13-19-18(11-25)12-26-27-19/h6-9,12H,13H2,1-5H3,(H,26,27). The van der Waals surface area contributed by atoms with E-state index in [1.165, 1.54) is 6.20 Å². The lowest BCUT2D eigenvalue weighted by molar-refractivity contribution is 0.00695. The van der Waals surface area contributed by atoms with Crippen molar-refractivity contribution in [3.05, 3.63) is 64.2 Å². The van der Waals surface area contributed by atoms with E-state index < -0.39 is 11.6 Å². The SMILES string of the molecule is Cc1c(C(=O)OC(C)(C)C)c(-c2ccc(C#N)cc2)c(C)n1Cc1[nH]ncc1C#N. The molecule has 0 aliphatic heterocycles. The fourth-order valence-electron chi connectivity index (χ4n) is 3.45. The molecule has 30 heavy (non-hydrogen) atoms. The number of benzene rings is 1. The number of aromatic amines is 1. The molecular weight excluding hydrogens is 378 g/mol. The van der Waals surface area contributed by atoms with E-state index >= 15 is 0 Å². The van der Waals surface area contributed by atoms with Gasteiger partial charge in [0, 0.05) is 17.0 Å². The van der Waals surface area contributed by atoms with E-state index in [1.54, 1.807) is 12.1 Å². The molecule has 1 N–H and O–H groups in total. The number of aromatic nitrogens is 3. The molecule has 0 saturated carbocycles. The summed E-state index contributed by atoms with van der Waals surface area (Å²) in [4.78, 5) is 13.1. The molecule has 3 aromatic rings. The number of ether oxygens (including phenoxy) is 1. The number of hydrogen-bond acceptors (Lipinski definition) is 5. The minimum atomic E-state index is -0.640. The second kappa shape index (κ2) is 7.88. The summed E-state index contributed by atoms with van der Waals surface area (Å²) in [5.74, 6) is -0.411. The van der Waals surface area contributed by atoms with Gasteiger partial charge in [-0.1, -0.05) is 12.1 Å². The minimum Gasteiger partial charge on any atom is -0.456 e. The maximum atomic E-state index is 13.1. The highest BCUT2D eigenvalue weighted by Gasteiger charge is 2.28. The first-order valence-electron chi connectivity index (χ1n) is 9.52. The van der Waals surface area contributed by atoms with Gasteiger partial charge in [-0.2, -0.15) is 15.6 Å². The zero-order valence-electron chi connectivity index (χ0n) is 17.7. The van der Waals surface area contributed by atoms with Crippen LogP contribution in [0.2, 0.25) is 0 Å². The zero-order valence-corrected chi connectivity index (χ0v) is 17.7. The molecule has 0 fully saturated rings. The molecule has 0 atom stereocenters. The lowest BCUT2D eigenvalue weighted by atomic mass is 9.99. The van der Waals surface area contributed by atoms with E-state index in [1.807, 2.05) is 51.3 Å². The fourth-order valence-corrected chi connectivity index (χ4v) is 3.45. The van der Waals surface area contributed by atoms with Crippen molar-refractivity contribution in [1.82, 2.24) is 14.8 Å². The van der Waals surface area contributed by atoms with Gasteiger partial charge in [0.1, 0.15) is 11.7 Å². The summed E-state index contributed by atoms with van der Waals surface area (Å²) in [7, 11) is 0. The molecule has 152 valence electrons. The van der Waals surface area contributed by atoms with Gasteiger partial charge in [0.25, 0.3) is 0 Å². The van der Waals surface area contributed by atoms with Crippen LogP contribution in [-0.4, -0.2) is 26.3 Å². The molecule has 1 aromatic carbocycles. The highest BCUT2D eigenvalue weighted by Crippen LogP contribution is 2.34. The van der Waals surface area contributed by atoms with Crippen LogP contribution in [0.4, 0.5) is 0 Å². The van der Waals surface area contributed by atoms with E-state index in [-0.39, 0.29) is 0 Å². The van der Waals surface area contributed by atoms with E-state index in [9.17, 15) is 10.1 Å². The Labute approximate surface area is 175 Å². The summed E-state index contributed by atoms with van der Waals surface area (Å²) in [5.41, 5.74) is 4.67. The van der Waals surface area contributed by atoms with Gasteiger partial charge < -0.3 is 9.30 Å². The van der Waals surface area contributed by atoms with Gasteiger partial charge in [0.05, 0.1) is 41.2 Å². The average Bonchev–Trinajstić information content (AvgIpc) is 3.24. The first kappa shape index (κ1) is 20.9. The highest BCUT2D eigenvalue weighted by molar-refractivity contribution is 6.00. The summed E-state index contributed by atoms with van der Waals surface area (Å²) >= 11 is 0. The van der Waals surface area contributed by atoms with Crippen LogP contribution in [0.15, 0.2) is 30.5 Å². The van der Waals surface area contributed by atoms with Gasteiger partial charge in [-0.3, -0.25) is 5.10 Å². The van der Waals surface area contributed by atoms with Crippen LogP contribution < -0.4 is 0 Å². The average molecular weight is 401 g/mol. The lowest BCUT2D eigenvalue weighted by Gasteiger charge is -2.20. The molecule has 2 aromatic heterocycles. The van der Waals surface area contributed by atoms with E-state index in [0.29, 0.717) is 28.9 Å². The Balaban J connectivity index is 2.19. The maximum absolute atomic E-state index is 13.1. The van der Waals surface area contributed by atoms with Crippen LogP contribution in [0, 0.1) is 36.5 Å². The van der Waals surface area contributed by atoms with E-state index in [0.717, 1.165) is 22.5 Å². The molecule has 7 nitrogen and oxygen atoms in total. The zero-order chi connectivity index (χ0) is 22.1. The molecule has 0 aliphatic carbocycles. The van der Waals surface area contributed by atoms with Gasteiger partial charge in [0.2, 0.25) is 0 Å². The molecule has 0 aliphatic rings. The monoisotopic (exact) mass is 401 g/mol. The summed E-state index contributed by atoms with van der Waals surface area (Å²) < 4.78 is 7.66. The predicted molar refractivity (Wildman–Crippen MR) is 112 cm³/mol. The Morgan fingerprint density at radius 3 is 2.37 bits per heavy atom. The molecule has 7 heteroatoms. The first-order chi connectivity index (χ1) is 14.2. The molecule has 3 rings (SSSR count). The molecule has 0 unspecified atom stereocenters. The number of hydrogen-bond donors (Lipinski definition) is 1. The molecule has 0 amide bonds. The van der Waals surface area contributed by atoms with Gasteiger partial charge >= 0.3 is 5.97 Å². The third-order valence-electron chi connectivity index (χ3n) is 4.84. The second-order valence-electron chi connectivity index (χ2n) is 8.07.